The van der Waals surface area contributed by atoms with Crippen LogP contribution < -0.4 is 16.0 Å². The largest absolute Gasteiger partial charge is 0.357 e. The van der Waals surface area contributed by atoms with E-state index in [4.69, 9.17) is 0 Å². The highest BCUT2D eigenvalue weighted by Crippen LogP contribution is 2.21. The van der Waals surface area contributed by atoms with Gasteiger partial charge in [0.25, 0.3) is 5.91 Å². The number of urea groups is 1. The summed E-state index contributed by atoms with van der Waals surface area (Å²) in [6.45, 7) is 3.67. The molecule has 3 N–H and O–H groups in total. The molecule has 2 rings (SSSR count). The van der Waals surface area contributed by atoms with Gasteiger partial charge in [-0.1, -0.05) is 6.07 Å². The van der Waals surface area contributed by atoms with E-state index in [9.17, 15) is 9.59 Å². The van der Waals surface area contributed by atoms with Gasteiger partial charge in [0.15, 0.2) is 0 Å². The van der Waals surface area contributed by atoms with E-state index in [0.29, 0.717) is 23.0 Å². The minimum atomic E-state index is -0.346. The van der Waals surface area contributed by atoms with Crippen LogP contribution in [-0.4, -0.2) is 47.9 Å². The van der Waals surface area contributed by atoms with Gasteiger partial charge in [-0.05, 0) is 37.6 Å². The first kappa shape index (κ1) is 18.2. The lowest BCUT2D eigenvalue weighted by atomic mass is 10.1. The van der Waals surface area contributed by atoms with Crippen LogP contribution in [0.1, 0.15) is 21.7 Å². The van der Waals surface area contributed by atoms with Gasteiger partial charge in [0.2, 0.25) is 5.95 Å². The van der Waals surface area contributed by atoms with Crippen molar-refractivity contribution in [2.75, 3.05) is 37.1 Å². The van der Waals surface area contributed by atoms with Gasteiger partial charge in [-0.25, -0.2) is 14.8 Å². The first-order chi connectivity index (χ1) is 11.8. The summed E-state index contributed by atoms with van der Waals surface area (Å²) < 4.78 is 0. The quantitative estimate of drug-likeness (QED) is 0.793. The number of nitrogens with one attached hydrogen (secondary N) is 3. The summed E-state index contributed by atoms with van der Waals surface area (Å²) in [5, 5.41) is 8.40. The fourth-order valence-electron chi connectivity index (χ4n) is 2.05. The second kappa shape index (κ2) is 7.61. The minimum Gasteiger partial charge on any atom is -0.357 e. The highest BCUT2D eigenvalue weighted by molar-refractivity contribution is 6.04. The van der Waals surface area contributed by atoms with E-state index in [2.05, 4.69) is 25.9 Å². The molecule has 0 unspecified atom stereocenters. The van der Waals surface area contributed by atoms with Crippen molar-refractivity contribution in [3.63, 3.8) is 0 Å². The molecule has 8 nitrogen and oxygen atoms in total. The Morgan fingerprint density at radius 2 is 1.76 bits per heavy atom. The van der Waals surface area contributed by atoms with Crippen molar-refractivity contribution < 1.29 is 9.59 Å². The van der Waals surface area contributed by atoms with E-state index in [1.54, 1.807) is 46.3 Å². The molecule has 132 valence electrons. The van der Waals surface area contributed by atoms with E-state index in [1.165, 1.54) is 4.90 Å². The van der Waals surface area contributed by atoms with Crippen LogP contribution >= 0.6 is 0 Å². The van der Waals surface area contributed by atoms with Crippen molar-refractivity contribution in [1.29, 1.82) is 0 Å². The van der Waals surface area contributed by atoms with Crippen LogP contribution in [0, 0.1) is 13.8 Å². The van der Waals surface area contributed by atoms with Crippen molar-refractivity contribution in [3.05, 3.63) is 41.2 Å². The highest BCUT2D eigenvalue weighted by Gasteiger charge is 2.13. The molecular weight excluding hydrogens is 320 g/mol. The zero-order valence-electron chi connectivity index (χ0n) is 15.0. The summed E-state index contributed by atoms with van der Waals surface area (Å²) in [5.41, 5.74) is 3.02. The van der Waals surface area contributed by atoms with Crippen LogP contribution in [0.3, 0.4) is 0 Å². The molecule has 0 spiro atoms. The SMILES string of the molecule is CNc1nc(C)cc(C(=O)Nc2cc(NC(=O)N(C)C)ccc2C)n1. The second-order valence-electron chi connectivity index (χ2n) is 5.78. The van der Waals surface area contributed by atoms with Crippen LogP contribution in [0.25, 0.3) is 0 Å². The van der Waals surface area contributed by atoms with Gasteiger partial charge in [-0.15, -0.1) is 0 Å². The molecule has 0 aliphatic carbocycles. The number of aromatic nitrogens is 2. The first-order valence-corrected chi connectivity index (χ1v) is 7.74. The number of hydrogen-bond donors (Lipinski definition) is 3. The van der Waals surface area contributed by atoms with Crippen LogP contribution in [0.2, 0.25) is 0 Å². The van der Waals surface area contributed by atoms with Crippen molar-refractivity contribution in [2.45, 2.75) is 13.8 Å². The molecule has 0 aliphatic heterocycles. The third-order valence-electron chi connectivity index (χ3n) is 3.45. The van der Waals surface area contributed by atoms with Crippen LogP contribution in [-0.2, 0) is 0 Å². The maximum atomic E-state index is 12.5. The lowest BCUT2D eigenvalue weighted by Crippen LogP contribution is -2.27. The third-order valence-corrected chi connectivity index (χ3v) is 3.45. The predicted molar refractivity (Wildman–Crippen MR) is 98.2 cm³/mol. The zero-order chi connectivity index (χ0) is 18.6. The second-order valence-corrected chi connectivity index (χ2v) is 5.78. The summed E-state index contributed by atoms with van der Waals surface area (Å²) in [5.74, 6) is 0.0371. The molecule has 1 heterocycles. The third kappa shape index (κ3) is 4.66. The van der Waals surface area contributed by atoms with Crippen molar-refractivity contribution >= 4 is 29.3 Å². The Morgan fingerprint density at radius 1 is 1.04 bits per heavy atom. The van der Waals surface area contributed by atoms with Crippen molar-refractivity contribution in [3.8, 4) is 0 Å². The smallest absolute Gasteiger partial charge is 0.321 e. The van der Waals surface area contributed by atoms with E-state index in [0.717, 1.165) is 5.56 Å². The Hall–Kier alpha value is -3.16. The number of rotatable bonds is 4. The maximum Gasteiger partial charge on any atom is 0.321 e. The minimum absolute atomic E-state index is 0.244. The molecule has 2 aromatic rings. The van der Waals surface area contributed by atoms with E-state index in [-0.39, 0.29) is 17.6 Å². The average molecular weight is 342 g/mol. The molecule has 1 aromatic carbocycles. The number of nitrogens with zero attached hydrogens (tertiary/aromatic N) is 3. The fourth-order valence-corrected chi connectivity index (χ4v) is 2.05. The summed E-state index contributed by atoms with van der Waals surface area (Å²) in [4.78, 5) is 34.0. The maximum absolute atomic E-state index is 12.5. The predicted octanol–water partition coefficient (Wildman–Crippen LogP) is 2.48. The van der Waals surface area contributed by atoms with Crippen LogP contribution in [0.4, 0.5) is 22.1 Å². The highest BCUT2D eigenvalue weighted by atomic mass is 16.2. The van der Waals surface area contributed by atoms with E-state index in [1.807, 2.05) is 13.0 Å². The summed E-state index contributed by atoms with van der Waals surface area (Å²) >= 11 is 0. The van der Waals surface area contributed by atoms with Gasteiger partial charge in [0.1, 0.15) is 5.69 Å². The number of anilines is 3. The number of hydrogen-bond acceptors (Lipinski definition) is 5. The van der Waals surface area contributed by atoms with E-state index >= 15 is 0 Å². The molecule has 0 atom stereocenters. The standard InChI is InChI=1S/C17H22N6O2/c1-10-6-7-12(20-17(25)23(4)5)9-13(10)21-15(24)14-8-11(2)19-16(18-3)22-14/h6-9H,1-5H3,(H,20,25)(H,21,24)(H,18,19,22). The Kier molecular flexibility index (Phi) is 5.53. The molecular formula is C17H22N6O2. The number of benzene rings is 1. The fraction of sp³-hybridized carbons (Fsp3) is 0.294. The number of amides is 3. The number of aryl methyl sites for hydroxylation is 2. The summed E-state index contributed by atoms with van der Waals surface area (Å²) in [6.07, 6.45) is 0. The van der Waals surface area contributed by atoms with Gasteiger partial charge in [-0.3, -0.25) is 4.79 Å². The Balaban J connectivity index is 2.23. The molecule has 0 radical (unpaired) electrons. The van der Waals surface area contributed by atoms with Crippen LogP contribution in [0.5, 0.6) is 0 Å². The van der Waals surface area contributed by atoms with Crippen molar-refractivity contribution in [2.24, 2.45) is 0 Å². The monoisotopic (exact) mass is 342 g/mol. The molecule has 0 saturated heterocycles. The molecule has 25 heavy (non-hydrogen) atoms. The Bertz CT molecular complexity index is 804. The Morgan fingerprint density at radius 3 is 2.40 bits per heavy atom. The zero-order valence-corrected chi connectivity index (χ0v) is 15.0. The number of carbonyl (C=O) groups excluding carboxylic acids is 2. The van der Waals surface area contributed by atoms with Crippen molar-refractivity contribution in [1.82, 2.24) is 14.9 Å². The molecule has 8 heteroatoms. The molecule has 0 fully saturated rings. The molecule has 0 aliphatic rings. The van der Waals surface area contributed by atoms with Gasteiger partial charge < -0.3 is 20.9 Å². The van der Waals surface area contributed by atoms with Crippen LogP contribution in [0.15, 0.2) is 24.3 Å². The summed E-state index contributed by atoms with van der Waals surface area (Å²) in [6, 6.07) is 6.68. The summed E-state index contributed by atoms with van der Waals surface area (Å²) in [7, 11) is 5.00. The lowest BCUT2D eigenvalue weighted by molar-refractivity contribution is 0.102. The Labute approximate surface area is 146 Å². The topological polar surface area (TPSA) is 99.2 Å². The molecule has 0 bridgehead atoms. The van der Waals surface area contributed by atoms with E-state index < -0.39 is 0 Å². The molecule has 0 saturated carbocycles. The normalized spacial score (nSPS) is 10.1. The molecule has 3 amide bonds. The number of carbonyl (C=O) groups is 2. The van der Waals surface area contributed by atoms with Gasteiger partial charge in [-0.2, -0.15) is 0 Å². The molecule has 1 aromatic heterocycles. The first-order valence-electron chi connectivity index (χ1n) is 7.74. The lowest BCUT2D eigenvalue weighted by Gasteiger charge is -2.14. The van der Waals surface area contributed by atoms with Gasteiger partial charge >= 0.3 is 6.03 Å². The van der Waals surface area contributed by atoms with Gasteiger partial charge in [0, 0.05) is 38.2 Å². The average Bonchev–Trinajstić information content (AvgIpc) is 2.57. The van der Waals surface area contributed by atoms with Gasteiger partial charge in [0.05, 0.1) is 0 Å².